The van der Waals surface area contributed by atoms with E-state index in [0.29, 0.717) is 5.92 Å². The summed E-state index contributed by atoms with van der Waals surface area (Å²) in [5.41, 5.74) is 0.103. The highest BCUT2D eigenvalue weighted by Gasteiger charge is 2.44. The summed E-state index contributed by atoms with van der Waals surface area (Å²) >= 11 is 0. The second kappa shape index (κ2) is 6.77. The van der Waals surface area contributed by atoms with Crippen molar-refractivity contribution in [3.63, 3.8) is 0 Å². The number of piperidine rings is 1. The number of hydrogen-bond acceptors (Lipinski definition) is 3. The zero-order valence-corrected chi connectivity index (χ0v) is 15.1. The van der Waals surface area contributed by atoms with Crippen molar-refractivity contribution in [3.05, 3.63) is 0 Å². The van der Waals surface area contributed by atoms with Gasteiger partial charge in [0.05, 0.1) is 0 Å². The van der Waals surface area contributed by atoms with E-state index in [4.69, 9.17) is 4.74 Å². The quantitative estimate of drug-likeness (QED) is 0.858. The first kappa shape index (κ1) is 17.6. The van der Waals surface area contributed by atoms with Crippen molar-refractivity contribution in [3.8, 4) is 0 Å². The van der Waals surface area contributed by atoms with Crippen molar-refractivity contribution < 1.29 is 9.53 Å². The molecule has 22 heavy (non-hydrogen) atoms. The van der Waals surface area contributed by atoms with Gasteiger partial charge in [-0.25, -0.2) is 4.79 Å². The van der Waals surface area contributed by atoms with Crippen LogP contribution in [0, 0.1) is 5.92 Å². The van der Waals surface area contributed by atoms with Crippen molar-refractivity contribution in [2.75, 3.05) is 13.6 Å². The van der Waals surface area contributed by atoms with Gasteiger partial charge in [-0.1, -0.05) is 19.3 Å². The molecule has 0 unspecified atom stereocenters. The van der Waals surface area contributed by atoms with Crippen molar-refractivity contribution in [2.45, 2.75) is 89.8 Å². The van der Waals surface area contributed by atoms with Gasteiger partial charge in [-0.2, -0.15) is 0 Å². The number of carbonyl (C=O) groups is 1. The lowest BCUT2D eigenvalue weighted by Gasteiger charge is -2.53. The fourth-order valence-electron chi connectivity index (χ4n) is 4.18. The van der Waals surface area contributed by atoms with Gasteiger partial charge in [0.25, 0.3) is 0 Å². The number of likely N-dealkylation sites (tertiary alicyclic amines) is 1. The third kappa shape index (κ3) is 4.37. The van der Waals surface area contributed by atoms with Crippen LogP contribution in [0.15, 0.2) is 0 Å². The van der Waals surface area contributed by atoms with Gasteiger partial charge in [0.2, 0.25) is 0 Å². The van der Waals surface area contributed by atoms with Crippen molar-refractivity contribution in [1.82, 2.24) is 10.2 Å². The second-order valence-electron chi connectivity index (χ2n) is 8.50. The maximum Gasteiger partial charge on any atom is 0.407 e. The zero-order valence-electron chi connectivity index (χ0n) is 15.1. The molecule has 0 aromatic rings. The molecule has 128 valence electrons. The van der Waals surface area contributed by atoms with E-state index >= 15 is 0 Å². The lowest BCUT2D eigenvalue weighted by Crippen LogP contribution is -2.60. The smallest absolute Gasteiger partial charge is 0.407 e. The van der Waals surface area contributed by atoms with Crippen LogP contribution in [0.2, 0.25) is 0 Å². The summed E-state index contributed by atoms with van der Waals surface area (Å²) in [7, 11) is 2.17. The topological polar surface area (TPSA) is 41.6 Å². The van der Waals surface area contributed by atoms with Gasteiger partial charge in [0.15, 0.2) is 0 Å². The first-order valence-corrected chi connectivity index (χ1v) is 8.89. The van der Waals surface area contributed by atoms with Gasteiger partial charge < -0.3 is 10.1 Å². The Bertz CT molecular complexity index is 369. The zero-order chi connectivity index (χ0) is 16.4. The fourth-order valence-corrected chi connectivity index (χ4v) is 4.18. The Morgan fingerprint density at radius 2 is 1.64 bits per heavy atom. The van der Waals surface area contributed by atoms with E-state index < -0.39 is 0 Å². The number of alkyl carbamates (subject to hydrolysis) is 1. The Hall–Kier alpha value is -0.770. The van der Waals surface area contributed by atoms with Crippen LogP contribution in [0.25, 0.3) is 0 Å². The van der Waals surface area contributed by atoms with Crippen LogP contribution in [0.4, 0.5) is 4.79 Å². The van der Waals surface area contributed by atoms with E-state index in [2.05, 4.69) is 45.0 Å². The third-order valence-corrected chi connectivity index (χ3v) is 5.80. The number of nitrogens with zero attached hydrogens (tertiary/aromatic N) is 1. The highest BCUT2D eigenvalue weighted by atomic mass is 16.6. The summed E-state index contributed by atoms with van der Waals surface area (Å²) < 4.78 is 5.73. The van der Waals surface area contributed by atoms with Gasteiger partial charge in [0.1, 0.15) is 6.10 Å². The summed E-state index contributed by atoms with van der Waals surface area (Å²) in [6, 6.07) is 0. The Labute approximate surface area is 136 Å². The average molecular weight is 310 g/mol. The number of hydrogen-bond donors (Lipinski definition) is 1. The van der Waals surface area contributed by atoms with Gasteiger partial charge in [0, 0.05) is 30.5 Å². The molecule has 1 aliphatic carbocycles. The second-order valence-corrected chi connectivity index (χ2v) is 8.50. The minimum atomic E-state index is -0.230. The molecule has 1 saturated carbocycles. The minimum absolute atomic E-state index is 0.00700. The summed E-state index contributed by atoms with van der Waals surface area (Å²) in [4.78, 5) is 14.5. The van der Waals surface area contributed by atoms with Crippen LogP contribution in [-0.2, 0) is 4.74 Å². The summed E-state index contributed by atoms with van der Waals surface area (Å²) in [6.45, 7) is 9.68. The highest BCUT2D eigenvalue weighted by molar-refractivity contribution is 5.67. The van der Waals surface area contributed by atoms with E-state index in [1.807, 2.05) is 0 Å². The molecule has 2 aliphatic rings. The average Bonchev–Trinajstić information content (AvgIpc) is 2.43. The first-order chi connectivity index (χ1) is 10.2. The molecule has 1 heterocycles. The van der Waals surface area contributed by atoms with E-state index in [0.717, 1.165) is 19.4 Å². The Kier molecular flexibility index (Phi) is 5.41. The lowest BCUT2D eigenvalue weighted by atomic mass is 9.79. The maximum atomic E-state index is 12.1. The fraction of sp³-hybridized carbons (Fsp3) is 0.944. The molecule has 0 radical (unpaired) electrons. The van der Waals surface area contributed by atoms with Crippen LogP contribution in [-0.4, -0.2) is 41.8 Å². The van der Waals surface area contributed by atoms with E-state index in [9.17, 15) is 4.79 Å². The van der Waals surface area contributed by atoms with Gasteiger partial charge in [-0.3, -0.25) is 4.90 Å². The molecule has 0 aromatic heterocycles. The monoisotopic (exact) mass is 310 g/mol. The number of amides is 1. The number of rotatable bonds is 3. The molecule has 2 fully saturated rings. The summed E-state index contributed by atoms with van der Waals surface area (Å²) in [5, 5.41) is 2.99. The number of carbonyl (C=O) groups excluding carboxylic acids is 1. The van der Waals surface area contributed by atoms with Crippen LogP contribution in [0.1, 0.15) is 72.6 Å². The van der Waals surface area contributed by atoms with E-state index in [-0.39, 0.29) is 23.3 Å². The van der Waals surface area contributed by atoms with Crippen LogP contribution < -0.4 is 5.32 Å². The maximum absolute atomic E-state index is 12.1. The number of nitrogens with one attached hydrogen (secondary N) is 1. The molecule has 1 aliphatic heterocycles. The van der Waals surface area contributed by atoms with E-state index in [1.165, 1.54) is 32.1 Å². The first-order valence-electron chi connectivity index (χ1n) is 8.89. The highest BCUT2D eigenvalue weighted by Crippen LogP contribution is 2.38. The van der Waals surface area contributed by atoms with Crippen LogP contribution >= 0.6 is 0 Å². The molecule has 1 amide bonds. The molecule has 2 rings (SSSR count). The predicted molar refractivity (Wildman–Crippen MR) is 90.0 cm³/mol. The van der Waals surface area contributed by atoms with Crippen molar-refractivity contribution in [2.24, 2.45) is 5.92 Å². The third-order valence-electron chi connectivity index (χ3n) is 5.80. The van der Waals surface area contributed by atoms with Crippen LogP contribution in [0.3, 0.4) is 0 Å². The van der Waals surface area contributed by atoms with Crippen molar-refractivity contribution >= 4 is 6.09 Å². The van der Waals surface area contributed by atoms with Gasteiger partial charge >= 0.3 is 6.09 Å². The molecule has 0 atom stereocenters. The molecule has 0 bridgehead atoms. The SMILES string of the molecule is CN1C(C)(C)CC(OC(=O)NCC2CCCCC2)CC1(C)C. The van der Waals surface area contributed by atoms with E-state index in [1.54, 1.807) is 0 Å². The van der Waals surface area contributed by atoms with Crippen molar-refractivity contribution in [1.29, 1.82) is 0 Å². The molecule has 0 spiro atoms. The Morgan fingerprint density at radius 1 is 1.09 bits per heavy atom. The lowest BCUT2D eigenvalue weighted by molar-refractivity contribution is -0.0682. The standard InChI is InChI=1S/C18H34N2O2/c1-17(2)11-15(12-18(3,4)20(17)5)22-16(21)19-13-14-9-7-6-8-10-14/h14-15H,6-13H2,1-5H3,(H,19,21). The molecule has 1 N–H and O–H groups in total. The molecule has 1 saturated heterocycles. The van der Waals surface area contributed by atoms with Gasteiger partial charge in [-0.15, -0.1) is 0 Å². The molecule has 0 aromatic carbocycles. The van der Waals surface area contributed by atoms with Crippen LogP contribution in [0.5, 0.6) is 0 Å². The van der Waals surface area contributed by atoms with Gasteiger partial charge in [-0.05, 0) is 53.5 Å². The molecular formula is C18H34N2O2. The summed E-state index contributed by atoms with van der Waals surface area (Å²) in [5.74, 6) is 0.645. The predicted octanol–water partition coefficient (Wildman–Crippen LogP) is 3.94. The summed E-state index contributed by atoms with van der Waals surface area (Å²) in [6.07, 6.45) is 8.01. The minimum Gasteiger partial charge on any atom is -0.446 e. The molecular weight excluding hydrogens is 276 g/mol. The number of ether oxygens (including phenoxy) is 1. The molecule has 4 nitrogen and oxygen atoms in total. The Morgan fingerprint density at radius 3 is 2.18 bits per heavy atom. The largest absolute Gasteiger partial charge is 0.446 e. The Balaban J connectivity index is 1.81. The normalized spacial score (nSPS) is 26.6. The molecule has 4 heteroatoms.